The molecule has 0 saturated heterocycles. The summed E-state index contributed by atoms with van der Waals surface area (Å²) in [5, 5.41) is 3.12. The van der Waals surface area contributed by atoms with Crippen LogP contribution in [0.15, 0.2) is 28.7 Å². The van der Waals surface area contributed by atoms with Crippen LogP contribution in [0.4, 0.5) is 0 Å². The quantitative estimate of drug-likeness (QED) is 0.812. The van der Waals surface area contributed by atoms with Gasteiger partial charge in [0.15, 0.2) is 0 Å². The van der Waals surface area contributed by atoms with Crippen molar-refractivity contribution in [3.63, 3.8) is 0 Å². The van der Waals surface area contributed by atoms with Gasteiger partial charge in [0.25, 0.3) is 0 Å². The molecule has 0 saturated carbocycles. The second-order valence-electron chi connectivity index (χ2n) is 3.32. The van der Waals surface area contributed by atoms with Gasteiger partial charge in [-0.2, -0.15) is 0 Å². The molecule has 0 spiro atoms. The highest BCUT2D eigenvalue weighted by Gasteiger charge is 1.94. The van der Waals surface area contributed by atoms with Crippen molar-refractivity contribution in [3.8, 4) is 0 Å². The zero-order valence-electron chi connectivity index (χ0n) is 8.68. The van der Waals surface area contributed by atoms with E-state index in [1.807, 2.05) is 7.05 Å². The third-order valence-electron chi connectivity index (χ3n) is 2.01. The smallest absolute Gasteiger partial charge is 0.0247 e. The van der Waals surface area contributed by atoms with Crippen molar-refractivity contribution in [2.75, 3.05) is 13.6 Å². The SMILES string of the molecule is CNCCC=Cc1cc(C)ccc1Br. The van der Waals surface area contributed by atoms with E-state index in [0.29, 0.717) is 0 Å². The highest BCUT2D eigenvalue weighted by Crippen LogP contribution is 2.19. The summed E-state index contributed by atoms with van der Waals surface area (Å²) in [5.41, 5.74) is 2.54. The molecule has 1 aromatic carbocycles. The number of aryl methyl sites for hydroxylation is 1. The maximum Gasteiger partial charge on any atom is 0.0247 e. The summed E-state index contributed by atoms with van der Waals surface area (Å²) in [6.07, 6.45) is 5.42. The lowest BCUT2D eigenvalue weighted by molar-refractivity contribution is 0.809. The Morgan fingerprint density at radius 2 is 2.21 bits per heavy atom. The molecule has 0 aliphatic carbocycles. The summed E-state index contributed by atoms with van der Waals surface area (Å²) in [4.78, 5) is 0. The van der Waals surface area contributed by atoms with Crippen LogP contribution < -0.4 is 5.32 Å². The normalized spacial score (nSPS) is 11.1. The zero-order valence-corrected chi connectivity index (χ0v) is 10.3. The van der Waals surface area contributed by atoms with E-state index in [-0.39, 0.29) is 0 Å². The van der Waals surface area contributed by atoms with Crippen LogP contribution in [-0.4, -0.2) is 13.6 Å². The van der Waals surface area contributed by atoms with E-state index in [0.717, 1.165) is 17.4 Å². The molecule has 1 aromatic rings. The molecule has 2 heteroatoms. The van der Waals surface area contributed by atoms with Crippen molar-refractivity contribution >= 4 is 22.0 Å². The first-order valence-electron chi connectivity index (χ1n) is 4.81. The number of hydrogen-bond acceptors (Lipinski definition) is 1. The van der Waals surface area contributed by atoms with Gasteiger partial charge in [0.2, 0.25) is 0 Å². The van der Waals surface area contributed by atoms with Crippen LogP contribution in [0.25, 0.3) is 6.08 Å². The van der Waals surface area contributed by atoms with Gasteiger partial charge in [-0.05, 0) is 38.6 Å². The van der Waals surface area contributed by atoms with Gasteiger partial charge in [0.05, 0.1) is 0 Å². The van der Waals surface area contributed by atoms with Crippen LogP contribution in [0.1, 0.15) is 17.5 Å². The van der Waals surface area contributed by atoms with E-state index in [9.17, 15) is 0 Å². The fourth-order valence-electron chi connectivity index (χ4n) is 1.23. The Balaban J connectivity index is 2.65. The van der Waals surface area contributed by atoms with Crippen molar-refractivity contribution in [3.05, 3.63) is 39.9 Å². The van der Waals surface area contributed by atoms with Gasteiger partial charge in [0, 0.05) is 4.47 Å². The minimum absolute atomic E-state index is 1.03. The maximum absolute atomic E-state index is 3.53. The molecule has 0 amide bonds. The van der Waals surface area contributed by atoms with Crippen LogP contribution in [0.3, 0.4) is 0 Å². The average molecular weight is 254 g/mol. The number of hydrogen-bond donors (Lipinski definition) is 1. The fourth-order valence-corrected chi connectivity index (χ4v) is 1.61. The molecule has 0 unspecified atom stereocenters. The second-order valence-corrected chi connectivity index (χ2v) is 4.17. The van der Waals surface area contributed by atoms with E-state index in [1.165, 1.54) is 11.1 Å². The summed E-state index contributed by atoms with van der Waals surface area (Å²) in [6, 6.07) is 6.38. The third kappa shape index (κ3) is 3.64. The molecule has 1 nitrogen and oxygen atoms in total. The lowest BCUT2D eigenvalue weighted by Gasteiger charge is -2.00. The van der Waals surface area contributed by atoms with Crippen LogP contribution in [0.2, 0.25) is 0 Å². The van der Waals surface area contributed by atoms with Gasteiger partial charge in [-0.15, -0.1) is 0 Å². The molecule has 0 bridgehead atoms. The van der Waals surface area contributed by atoms with Gasteiger partial charge >= 0.3 is 0 Å². The Hall–Kier alpha value is -0.600. The average Bonchev–Trinajstić information content (AvgIpc) is 2.18. The monoisotopic (exact) mass is 253 g/mol. The maximum atomic E-state index is 3.53. The molecular formula is C12H16BrN. The van der Waals surface area contributed by atoms with Crippen LogP contribution in [0.5, 0.6) is 0 Å². The predicted molar refractivity (Wildman–Crippen MR) is 66.5 cm³/mol. The standard InChI is InChI=1S/C12H16BrN/c1-10-6-7-12(13)11(9-10)5-3-4-8-14-2/h3,5-7,9,14H,4,8H2,1-2H3. The van der Waals surface area contributed by atoms with E-state index in [2.05, 4.69) is 58.5 Å². The number of nitrogens with one attached hydrogen (secondary N) is 1. The molecule has 0 aromatic heterocycles. The first-order chi connectivity index (χ1) is 6.74. The summed E-state index contributed by atoms with van der Waals surface area (Å²) >= 11 is 3.53. The van der Waals surface area contributed by atoms with E-state index >= 15 is 0 Å². The molecule has 0 heterocycles. The van der Waals surface area contributed by atoms with Gasteiger partial charge in [-0.3, -0.25) is 0 Å². The summed E-state index contributed by atoms with van der Waals surface area (Å²) < 4.78 is 1.16. The molecule has 0 aliphatic rings. The Kier molecular flexibility index (Phi) is 4.91. The molecule has 14 heavy (non-hydrogen) atoms. The molecule has 0 atom stereocenters. The summed E-state index contributed by atoms with van der Waals surface area (Å²) in [6.45, 7) is 3.14. The van der Waals surface area contributed by atoms with Crippen molar-refractivity contribution in [2.45, 2.75) is 13.3 Å². The number of halogens is 1. The minimum atomic E-state index is 1.03. The Morgan fingerprint density at radius 3 is 2.93 bits per heavy atom. The second kappa shape index (κ2) is 5.99. The highest BCUT2D eigenvalue weighted by molar-refractivity contribution is 9.10. The molecule has 0 radical (unpaired) electrons. The third-order valence-corrected chi connectivity index (χ3v) is 2.73. The van der Waals surface area contributed by atoms with Crippen molar-refractivity contribution in [1.82, 2.24) is 5.32 Å². The largest absolute Gasteiger partial charge is 0.319 e. The molecular weight excluding hydrogens is 238 g/mol. The lowest BCUT2D eigenvalue weighted by atomic mass is 10.1. The van der Waals surface area contributed by atoms with Crippen molar-refractivity contribution < 1.29 is 0 Å². The Labute approximate surface area is 94.3 Å². The minimum Gasteiger partial charge on any atom is -0.319 e. The molecule has 0 aliphatic heterocycles. The van der Waals surface area contributed by atoms with Crippen LogP contribution in [0, 0.1) is 6.92 Å². The van der Waals surface area contributed by atoms with Gasteiger partial charge in [-0.1, -0.05) is 45.8 Å². The molecule has 0 fully saturated rings. The first kappa shape index (κ1) is 11.5. The Bertz CT molecular complexity index is 318. The summed E-state index contributed by atoms with van der Waals surface area (Å²) in [5.74, 6) is 0. The fraction of sp³-hybridized carbons (Fsp3) is 0.333. The van der Waals surface area contributed by atoms with E-state index in [4.69, 9.17) is 0 Å². The van der Waals surface area contributed by atoms with Crippen LogP contribution in [-0.2, 0) is 0 Å². The highest BCUT2D eigenvalue weighted by atomic mass is 79.9. The van der Waals surface area contributed by atoms with E-state index in [1.54, 1.807) is 0 Å². The number of rotatable bonds is 4. The van der Waals surface area contributed by atoms with Crippen molar-refractivity contribution in [2.24, 2.45) is 0 Å². The van der Waals surface area contributed by atoms with Crippen molar-refractivity contribution in [1.29, 1.82) is 0 Å². The Morgan fingerprint density at radius 1 is 1.43 bits per heavy atom. The molecule has 1 rings (SSSR count). The first-order valence-corrected chi connectivity index (χ1v) is 5.60. The van der Waals surface area contributed by atoms with Gasteiger partial charge in [-0.25, -0.2) is 0 Å². The molecule has 1 N–H and O–H groups in total. The lowest BCUT2D eigenvalue weighted by Crippen LogP contribution is -2.05. The van der Waals surface area contributed by atoms with Crippen LogP contribution >= 0.6 is 15.9 Å². The van der Waals surface area contributed by atoms with Gasteiger partial charge in [0.1, 0.15) is 0 Å². The van der Waals surface area contributed by atoms with E-state index < -0.39 is 0 Å². The summed E-state index contributed by atoms with van der Waals surface area (Å²) in [7, 11) is 1.97. The topological polar surface area (TPSA) is 12.0 Å². The predicted octanol–water partition coefficient (Wildman–Crippen LogP) is 3.38. The zero-order chi connectivity index (χ0) is 10.4. The number of benzene rings is 1. The molecule has 76 valence electrons. The van der Waals surface area contributed by atoms with Gasteiger partial charge < -0.3 is 5.32 Å².